The standard InChI is InChI=1S/C15H21NOS/c1-11-2-3-12-4-5-14(13(12)8-11)16-9-15(17)6-7-18-10-15/h2-3,8,14,16-17H,4-7,9-10H2,1H3. The van der Waals surface area contributed by atoms with Crippen LogP contribution in [0.15, 0.2) is 18.2 Å². The van der Waals surface area contributed by atoms with Crippen LogP contribution in [-0.2, 0) is 6.42 Å². The molecule has 0 bridgehead atoms. The van der Waals surface area contributed by atoms with Gasteiger partial charge in [-0.2, -0.15) is 11.8 Å². The molecule has 3 heteroatoms. The van der Waals surface area contributed by atoms with E-state index in [4.69, 9.17) is 0 Å². The van der Waals surface area contributed by atoms with Crippen LogP contribution in [0.25, 0.3) is 0 Å². The fourth-order valence-electron chi connectivity index (χ4n) is 2.98. The summed E-state index contributed by atoms with van der Waals surface area (Å²) < 4.78 is 0. The number of nitrogens with one attached hydrogen (secondary N) is 1. The summed E-state index contributed by atoms with van der Waals surface area (Å²) >= 11 is 1.86. The van der Waals surface area contributed by atoms with Crippen molar-refractivity contribution < 1.29 is 5.11 Å². The van der Waals surface area contributed by atoms with Gasteiger partial charge in [-0.3, -0.25) is 0 Å². The van der Waals surface area contributed by atoms with E-state index < -0.39 is 5.60 Å². The van der Waals surface area contributed by atoms with Gasteiger partial charge in [0.15, 0.2) is 0 Å². The van der Waals surface area contributed by atoms with Crippen LogP contribution in [0.1, 0.15) is 35.6 Å². The van der Waals surface area contributed by atoms with Gasteiger partial charge in [-0.1, -0.05) is 23.8 Å². The minimum Gasteiger partial charge on any atom is -0.388 e. The van der Waals surface area contributed by atoms with E-state index in [1.54, 1.807) is 0 Å². The van der Waals surface area contributed by atoms with Gasteiger partial charge in [0.1, 0.15) is 0 Å². The second-order valence-electron chi connectivity index (χ2n) is 5.70. The Kier molecular flexibility index (Phi) is 3.39. The third-order valence-corrected chi connectivity index (χ3v) is 5.37. The molecule has 0 amide bonds. The van der Waals surface area contributed by atoms with Crippen LogP contribution < -0.4 is 5.32 Å². The highest BCUT2D eigenvalue weighted by atomic mass is 32.2. The van der Waals surface area contributed by atoms with Crippen LogP contribution in [0.3, 0.4) is 0 Å². The highest BCUT2D eigenvalue weighted by Crippen LogP contribution is 2.33. The maximum absolute atomic E-state index is 10.4. The molecule has 98 valence electrons. The number of aliphatic hydroxyl groups is 1. The zero-order chi connectivity index (χ0) is 12.6. The van der Waals surface area contributed by atoms with Gasteiger partial charge in [0.25, 0.3) is 0 Å². The third-order valence-electron chi connectivity index (χ3n) is 4.14. The van der Waals surface area contributed by atoms with Gasteiger partial charge >= 0.3 is 0 Å². The van der Waals surface area contributed by atoms with Crippen LogP contribution >= 0.6 is 11.8 Å². The number of benzene rings is 1. The molecule has 0 saturated carbocycles. The Bertz CT molecular complexity index is 440. The van der Waals surface area contributed by atoms with Crippen molar-refractivity contribution in [2.45, 2.75) is 37.8 Å². The summed E-state index contributed by atoms with van der Waals surface area (Å²) in [5.74, 6) is 1.98. The summed E-state index contributed by atoms with van der Waals surface area (Å²) in [5, 5.41) is 14.0. The molecular formula is C15H21NOS. The molecule has 1 heterocycles. The lowest BCUT2D eigenvalue weighted by Crippen LogP contribution is -2.41. The normalized spacial score (nSPS) is 30.7. The number of aryl methyl sites for hydroxylation is 2. The Hall–Kier alpha value is -0.510. The number of thioether (sulfide) groups is 1. The van der Waals surface area contributed by atoms with Gasteiger partial charge in [-0.25, -0.2) is 0 Å². The molecule has 0 spiro atoms. The number of hydrogen-bond acceptors (Lipinski definition) is 3. The van der Waals surface area contributed by atoms with Crippen molar-refractivity contribution >= 4 is 11.8 Å². The molecule has 2 unspecified atom stereocenters. The first kappa shape index (κ1) is 12.5. The second-order valence-corrected chi connectivity index (χ2v) is 6.81. The molecule has 2 nitrogen and oxygen atoms in total. The van der Waals surface area contributed by atoms with Crippen molar-refractivity contribution in [3.8, 4) is 0 Å². The fourth-order valence-corrected chi connectivity index (χ4v) is 4.28. The lowest BCUT2D eigenvalue weighted by Gasteiger charge is -2.25. The molecule has 1 fully saturated rings. The van der Waals surface area contributed by atoms with E-state index in [1.807, 2.05) is 11.8 Å². The van der Waals surface area contributed by atoms with Gasteiger partial charge in [-0.05, 0) is 43.1 Å². The first-order chi connectivity index (χ1) is 8.66. The lowest BCUT2D eigenvalue weighted by molar-refractivity contribution is 0.0646. The SMILES string of the molecule is Cc1ccc2c(c1)C(NCC1(O)CCSC1)CC2. The maximum atomic E-state index is 10.4. The van der Waals surface area contributed by atoms with Crippen molar-refractivity contribution in [1.82, 2.24) is 5.32 Å². The topological polar surface area (TPSA) is 32.3 Å². The van der Waals surface area contributed by atoms with Gasteiger partial charge in [0.05, 0.1) is 5.60 Å². The number of hydrogen-bond donors (Lipinski definition) is 2. The molecule has 2 atom stereocenters. The van der Waals surface area contributed by atoms with E-state index in [0.29, 0.717) is 6.04 Å². The van der Waals surface area contributed by atoms with Crippen LogP contribution in [0, 0.1) is 6.92 Å². The van der Waals surface area contributed by atoms with E-state index in [1.165, 1.54) is 29.5 Å². The van der Waals surface area contributed by atoms with Gasteiger partial charge in [-0.15, -0.1) is 0 Å². The smallest absolute Gasteiger partial charge is 0.0869 e. The Balaban J connectivity index is 1.67. The quantitative estimate of drug-likeness (QED) is 0.878. The predicted octanol–water partition coefficient (Wildman–Crippen LogP) is 2.44. The lowest BCUT2D eigenvalue weighted by atomic mass is 10.0. The van der Waals surface area contributed by atoms with Crippen molar-refractivity contribution in [2.24, 2.45) is 0 Å². The Morgan fingerprint density at radius 2 is 2.39 bits per heavy atom. The maximum Gasteiger partial charge on any atom is 0.0869 e. The molecule has 3 rings (SSSR count). The average Bonchev–Trinajstić information content (AvgIpc) is 2.94. The zero-order valence-corrected chi connectivity index (χ0v) is 11.7. The summed E-state index contributed by atoms with van der Waals surface area (Å²) in [6, 6.07) is 7.19. The van der Waals surface area contributed by atoms with Gasteiger partial charge in [0.2, 0.25) is 0 Å². The molecule has 1 aliphatic carbocycles. The predicted molar refractivity (Wildman–Crippen MR) is 77.1 cm³/mol. The summed E-state index contributed by atoms with van der Waals surface area (Å²) in [6.07, 6.45) is 3.26. The first-order valence-corrected chi connectivity index (χ1v) is 7.95. The van der Waals surface area contributed by atoms with Crippen molar-refractivity contribution in [3.05, 3.63) is 34.9 Å². The monoisotopic (exact) mass is 263 g/mol. The molecule has 0 aromatic heterocycles. The highest BCUT2D eigenvalue weighted by Gasteiger charge is 2.33. The third kappa shape index (κ3) is 2.44. The van der Waals surface area contributed by atoms with Gasteiger partial charge in [0, 0.05) is 18.3 Å². The summed E-state index contributed by atoms with van der Waals surface area (Å²) in [4.78, 5) is 0. The van der Waals surface area contributed by atoms with E-state index in [2.05, 4.69) is 30.4 Å². The largest absolute Gasteiger partial charge is 0.388 e. The van der Waals surface area contributed by atoms with E-state index in [-0.39, 0.29) is 0 Å². The van der Waals surface area contributed by atoms with Crippen molar-refractivity contribution in [1.29, 1.82) is 0 Å². The van der Waals surface area contributed by atoms with Crippen molar-refractivity contribution in [2.75, 3.05) is 18.1 Å². The molecule has 1 saturated heterocycles. The Morgan fingerprint density at radius 3 is 3.17 bits per heavy atom. The Labute approximate surface area is 113 Å². The van der Waals surface area contributed by atoms with Gasteiger partial charge < -0.3 is 10.4 Å². The van der Waals surface area contributed by atoms with Crippen molar-refractivity contribution in [3.63, 3.8) is 0 Å². The van der Waals surface area contributed by atoms with E-state index in [0.717, 1.165) is 24.5 Å². The number of rotatable bonds is 3. The summed E-state index contributed by atoms with van der Waals surface area (Å²) in [5.41, 5.74) is 3.78. The van der Waals surface area contributed by atoms with Crippen LogP contribution in [-0.4, -0.2) is 28.8 Å². The molecule has 1 aromatic rings. The molecule has 18 heavy (non-hydrogen) atoms. The fraction of sp³-hybridized carbons (Fsp3) is 0.600. The zero-order valence-electron chi connectivity index (χ0n) is 10.9. The van der Waals surface area contributed by atoms with E-state index >= 15 is 0 Å². The molecule has 1 aromatic carbocycles. The Morgan fingerprint density at radius 1 is 1.50 bits per heavy atom. The number of fused-ring (bicyclic) bond motifs is 1. The minimum atomic E-state index is -0.475. The molecular weight excluding hydrogens is 242 g/mol. The highest BCUT2D eigenvalue weighted by molar-refractivity contribution is 7.99. The van der Waals surface area contributed by atoms with Crippen LogP contribution in [0.2, 0.25) is 0 Å². The summed E-state index contributed by atoms with van der Waals surface area (Å²) in [7, 11) is 0. The molecule has 0 radical (unpaired) electrons. The minimum absolute atomic E-state index is 0.439. The summed E-state index contributed by atoms with van der Waals surface area (Å²) in [6.45, 7) is 2.88. The van der Waals surface area contributed by atoms with Crippen LogP contribution in [0.4, 0.5) is 0 Å². The molecule has 1 aliphatic heterocycles. The van der Waals surface area contributed by atoms with Crippen LogP contribution in [0.5, 0.6) is 0 Å². The molecule has 2 N–H and O–H groups in total. The average molecular weight is 263 g/mol. The molecule has 2 aliphatic rings. The first-order valence-electron chi connectivity index (χ1n) is 6.79. The second kappa shape index (κ2) is 4.87. The van der Waals surface area contributed by atoms with E-state index in [9.17, 15) is 5.11 Å².